The van der Waals surface area contributed by atoms with Crippen LogP contribution in [0, 0.1) is 13.8 Å². The summed E-state index contributed by atoms with van der Waals surface area (Å²) < 4.78 is 29.0. The van der Waals surface area contributed by atoms with Crippen molar-refractivity contribution in [2.45, 2.75) is 46.0 Å². The highest BCUT2D eigenvalue weighted by molar-refractivity contribution is 7.88. The molecule has 1 aromatic heterocycles. The predicted molar refractivity (Wildman–Crippen MR) is 122 cm³/mol. The maximum absolute atomic E-state index is 12.6. The Labute approximate surface area is 183 Å². The molecular formula is C23H28N4O3S. The van der Waals surface area contributed by atoms with Gasteiger partial charge in [0.15, 0.2) is 0 Å². The third kappa shape index (κ3) is 6.02. The van der Waals surface area contributed by atoms with Gasteiger partial charge in [-0.15, -0.1) is 0 Å². The van der Waals surface area contributed by atoms with Gasteiger partial charge in [-0.1, -0.05) is 24.3 Å². The molecule has 0 aliphatic heterocycles. The van der Waals surface area contributed by atoms with Crippen molar-refractivity contribution in [3.63, 3.8) is 0 Å². The minimum Gasteiger partial charge on any atom is -0.348 e. The number of hydrogen-bond donors (Lipinski definition) is 2. The van der Waals surface area contributed by atoms with Crippen molar-refractivity contribution >= 4 is 15.9 Å². The molecule has 2 aromatic carbocycles. The molecule has 0 bridgehead atoms. The Bertz CT molecular complexity index is 1170. The van der Waals surface area contributed by atoms with Crippen molar-refractivity contribution in [3.8, 4) is 5.69 Å². The zero-order chi connectivity index (χ0) is 22.6. The zero-order valence-corrected chi connectivity index (χ0v) is 19.0. The van der Waals surface area contributed by atoms with Crippen LogP contribution in [0.5, 0.6) is 0 Å². The number of carbonyl (C=O) groups is 1. The number of amides is 1. The van der Waals surface area contributed by atoms with E-state index in [-0.39, 0.29) is 24.2 Å². The van der Waals surface area contributed by atoms with Crippen LogP contribution in [0.25, 0.3) is 5.69 Å². The van der Waals surface area contributed by atoms with Crippen LogP contribution in [-0.2, 0) is 22.3 Å². The van der Waals surface area contributed by atoms with Crippen LogP contribution in [-0.4, -0.2) is 30.1 Å². The number of nitrogens with zero attached hydrogens (tertiary/aromatic N) is 2. The molecule has 31 heavy (non-hydrogen) atoms. The van der Waals surface area contributed by atoms with Gasteiger partial charge in [0, 0.05) is 23.8 Å². The fourth-order valence-electron chi connectivity index (χ4n) is 3.40. The largest absolute Gasteiger partial charge is 0.348 e. The Morgan fingerprint density at radius 1 is 1.03 bits per heavy atom. The van der Waals surface area contributed by atoms with E-state index in [1.165, 1.54) is 0 Å². The molecule has 2 N–H and O–H groups in total. The molecule has 0 aliphatic rings. The number of carbonyl (C=O) groups excluding carboxylic acids is 1. The molecular weight excluding hydrogens is 412 g/mol. The summed E-state index contributed by atoms with van der Waals surface area (Å²) >= 11 is 0. The molecule has 0 saturated heterocycles. The summed E-state index contributed by atoms with van der Waals surface area (Å²) in [5.41, 5.74) is 4.80. The second-order valence-corrected chi connectivity index (χ2v) is 9.62. The van der Waals surface area contributed by atoms with Crippen LogP contribution >= 0.6 is 0 Å². The molecule has 0 saturated carbocycles. The fourth-order valence-corrected chi connectivity index (χ4v) is 4.89. The molecule has 3 rings (SSSR count). The first-order chi connectivity index (χ1) is 14.6. The lowest BCUT2D eigenvalue weighted by Gasteiger charge is -2.13. The highest BCUT2D eigenvalue weighted by Gasteiger charge is 2.16. The molecule has 0 radical (unpaired) electrons. The molecule has 1 heterocycles. The van der Waals surface area contributed by atoms with E-state index in [1.54, 1.807) is 38.1 Å². The molecule has 7 nitrogen and oxygen atoms in total. The van der Waals surface area contributed by atoms with Gasteiger partial charge in [0.05, 0.1) is 17.1 Å². The molecule has 0 spiro atoms. The minimum atomic E-state index is -3.45. The van der Waals surface area contributed by atoms with E-state index in [1.807, 2.05) is 48.9 Å². The third-order valence-electron chi connectivity index (χ3n) is 4.70. The summed E-state index contributed by atoms with van der Waals surface area (Å²) in [6, 6.07) is 16.3. The maximum atomic E-state index is 12.6. The van der Waals surface area contributed by atoms with Crippen molar-refractivity contribution in [2.24, 2.45) is 0 Å². The van der Waals surface area contributed by atoms with E-state index in [0.29, 0.717) is 11.1 Å². The first kappa shape index (κ1) is 22.7. The van der Waals surface area contributed by atoms with E-state index < -0.39 is 10.0 Å². The highest BCUT2D eigenvalue weighted by atomic mass is 32.2. The van der Waals surface area contributed by atoms with E-state index in [2.05, 4.69) is 15.1 Å². The standard InChI is InChI=1S/C23H28N4O3S/c1-16(2)26-31(29,30)15-21-8-6-5-7-20(21)14-24-23(28)19-9-11-22(12-10-19)27-18(4)13-17(3)25-27/h5-13,16,26H,14-15H2,1-4H3,(H,24,28). The molecule has 164 valence electrons. The number of aryl methyl sites for hydroxylation is 2. The van der Waals surface area contributed by atoms with Crippen LogP contribution in [0.15, 0.2) is 54.6 Å². The quantitative estimate of drug-likeness (QED) is 0.562. The van der Waals surface area contributed by atoms with Gasteiger partial charge in [0.1, 0.15) is 0 Å². The van der Waals surface area contributed by atoms with E-state index in [4.69, 9.17) is 0 Å². The molecule has 1 amide bonds. The Morgan fingerprint density at radius 3 is 2.26 bits per heavy atom. The van der Waals surface area contributed by atoms with Gasteiger partial charge in [0.25, 0.3) is 5.91 Å². The number of nitrogens with one attached hydrogen (secondary N) is 2. The van der Waals surface area contributed by atoms with Crippen LogP contribution in [0.2, 0.25) is 0 Å². The SMILES string of the molecule is Cc1cc(C)n(-c2ccc(C(=O)NCc3ccccc3CS(=O)(=O)NC(C)C)cc2)n1. The first-order valence-electron chi connectivity index (χ1n) is 10.1. The second-order valence-electron chi connectivity index (χ2n) is 7.87. The highest BCUT2D eigenvalue weighted by Crippen LogP contribution is 2.15. The van der Waals surface area contributed by atoms with Crippen molar-refractivity contribution in [2.75, 3.05) is 0 Å². The summed E-state index contributed by atoms with van der Waals surface area (Å²) in [7, 11) is -3.45. The zero-order valence-electron chi connectivity index (χ0n) is 18.2. The average Bonchev–Trinajstić information content (AvgIpc) is 3.04. The summed E-state index contributed by atoms with van der Waals surface area (Å²) in [5.74, 6) is -0.355. The smallest absolute Gasteiger partial charge is 0.251 e. The van der Waals surface area contributed by atoms with Gasteiger partial charge >= 0.3 is 0 Å². The number of aromatic nitrogens is 2. The van der Waals surface area contributed by atoms with Gasteiger partial charge in [-0.3, -0.25) is 4.79 Å². The normalized spacial score (nSPS) is 11.6. The lowest BCUT2D eigenvalue weighted by molar-refractivity contribution is 0.0951. The number of benzene rings is 2. The number of rotatable bonds is 8. The Morgan fingerprint density at radius 2 is 1.68 bits per heavy atom. The molecule has 0 fully saturated rings. The average molecular weight is 441 g/mol. The summed E-state index contributed by atoms with van der Waals surface area (Å²) in [4.78, 5) is 12.6. The first-order valence-corrected chi connectivity index (χ1v) is 11.8. The maximum Gasteiger partial charge on any atom is 0.251 e. The van der Waals surface area contributed by atoms with Gasteiger partial charge < -0.3 is 5.32 Å². The lowest BCUT2D eigenvalue weighted by Crippen LogP contribution is -2.31. The Hall–Kier alpha value is -2.97. The van der Waals surface area contributed by atoms with Crippen molar-refractivity contribution in [1.29, 1.82) is 0 Å². The van der Waals surface area contributed by atoms with Gasteiger partial charge in [-0.2, -0.15) is 5.10 Å². The fraction of sp³-hybridized carbons (Fsp3) is 0.304. The minimum absolute atomic E-state index is 0.130. The van der Waals surface area contributed by atoms with E-state index in [0.717, 1.165) is 22.6 Å². The van der Waals surface area contributed by atoms with Gasteiger partial charge in [-0.05, 0) is 69.2 Å². The lowest BCUT2D eigenvalue weighted by atomic mass is 10.1. The van der Waals surface area contributed by atoms with Crippen LogP contribution in [0.4, 0.5) is 0 Å². The third-order valence-corrected chi connectivity index (χ3v) is 6.22. The molecule has 0 aliphatic carbocycles. The van der Waals surface area contributed by atoms with Crippen LogP contribution in [0.3, 0.4) is 0 Å². The van der Waals surface area contributed by atoms with E-state index in [9.17, 15) is 13.2 Å². The van der Waals surface area contributed by atoms with Gasteiger partial charge in [0.2, 0.25) is 10.0 Å². The summed E-state index contributed by atoms with van der Waals surface area (Å²) in [6.45, 7) is 7.72. The van der Waals surface area contributed by atoms with Crippen molar-refractivity contribution in [1.82, 2.24) is 19.8 Å². The van der Waals surface area contributed by atoms with Crippen LogP contribution in [0.1, 0.15) is 46.7 Å². The molecule has 8 heteroatoms. The molecule has 3 aromatic rings. The van der Waals surface area contributed by atoms with E-state index >= 15 is 0 Å². The van der Waals surface area contributed by atoms with Crippen molar-refractivity contribution in [3.05, 3.63) is 82.7 Å². The summed E-state index contributed by atoms with van der Waals surface area (Å²) in [6.07, 6.45) is 0. The molecule has 0 unspecified atom stereocenters. The Balaban J connectivity index is 1.68. The topological polar surface area (TPSA) is 93.1 Å². The molecule has 0 atom stereocenters. The number of hydrogen-bond acceptors (Lipinski definition) is 4. The van der Waals surface area contributed by atoms with Gasteiger partial charge in [-0.25, -0.2) is 17.8 Å². The predicted octanol–water partition coefficient (Wildman–Crippen LogP) is 3.25. The monoisotopic (exact) mass is 440 g/mol. The number of sulfonamides is 1. The van der Waals surface area contributed by atoms with Crippen LogP contribution < -0.4 is 10.0 Å². The second kappa shape index (κ2) is 9.45. The van der Waals surface area contributed by atoms with Crippen molar-refractivity contribution < 1.29 is 13.2 Å². The Kier molecular flexibility index (Phi) is 6.92. The summed E-state index contributed by atoms with van der Waals surface area (Å²) in [5, 5.41) is 7.33.